The average molecular weight is 251 g/mol. The first kappa shape index (κ1) is 14.5. The Bertz CT molecular complexity index is 336. The second-order valence-corrected chi connectivity index (χ2v) is 4.12. The van der Waals surface area contributed by atoms with Crippen LogP contribution < -0.4 is 10.1 Å². The van der Waals surface area contributed by atoms with Crippen molar-refractivity contribution in [1.82, 2.24) is 5.32 Å². The van der Waals surface area contributed by atoms with Crippen LogP contribution in [0.4, 0.5) is 0 Å². The minimum absolute atomic E-state index is 0.0112. The number of carbonyl (C=O) groups excluding carboxylic acids is 1. The van der Waals surface area contributed by atoms with E-state index in [0.29, 0.717) is 19.4 Å². The molecule has 1 atom stereocenters. The van der Waals surface area contributed by atoms with Gasteiger partial charge in [0, 0.05) is 6.42 Å². The van der Waals surface area contributed by atoms with Gasteiger partial charge in [-0.05, 0) is 25.0 Å². The smallest absolute Gasteiger partial charge is 0.220 e. The second kappa shape index (κ2) is 8.53. The molecule has 0 bridgehead atoms. The Morgan fingerprint density at radius 2 is 2.11 bits per heavy atom. The lowest BCUT2D eigenvalue weighted by Crippen LogP contribution is -2.36. The Morgan fingerprint density at radius 3 is 2.72 bits per heavy atom. The molecule has 0 aliphatic rings. The molecule has 0 saturated carbocycles. The van der Waals surface area contributed by atoms with Crippen molar-refractivity contribution in [3.05, 3.63) is 30.3 Å². The predicted octanol–water partition coefficient (Wildman–Crippen LogP) is 1.73. The van der Waals surface area contributed by atoms with Gasteiger partial charge in [-0.1, -0.05) is 25.1 Å². The number of amides is 1. The number of aliphatic hydroxyl groups excluding tert-OH is 1. The van der Waals surface area contributed by atoms with Crippen LogP contribution in [0.25, 0.3) is 0 Å². The lowest BCUT2D eigenvalue weighted by Gasteiger charge is -2.13. The summed E-state index contributed by atoms with van der Waals surface area (Å²) in [4.78, 5) is 11.5. The number of ether oxygens (including phenoxy) is 1. The van der Waals surface area contributed by atoms with Crippen molar-refractivity contribution in [3.8, 4) is 5.75 Å². The van der Waals surface area contributed by atoms with E-state index in [1.807, 2.05) is 37.3 Å². The van der Waals surface area contributed by atoms with Gasteiger partial charge in [0.15, 0.2) is 0 Å². The Morgan fingerprint density at radius 1 is 1.39 bits per heavy atom. The summed E-state index contributed by atoms with van der Waals surface area (Å²) in [7, 11) is 0. The molecule has 4 heteroatoms. The molecule has 0 aromatic heterocycles. The summed E-state index contributed by atoms with van der Waals surface area (Å²) in [5, 5.41) is 11.7. The number of hydrogen-bond acceptors (Lipinski definition) is 3. The van der Waals surface area contributed by atoms with Gasteiger partial charge in [-0.15, -0.1) is 0 Å². The molecule has 0 spiro atoms. The average Bonchev–Trinajstić information content (AvgIpc) is 2.42. The molecule has 2 N–H and O–H groups in total. The largest absolute Gasteiger partial charge is 0.494 e. The number of aliphatic hydroxyl groups is 1. The van der Waals surface area contributed by atoms with Crippen LogP contribution >= 0.6 is 0 Å². The van der Waals surface area contributed by atoms with Crippen molar-refractivity contribution in [2.45, 2.75) is 32.2 Å². The van der Waals surface area contributed by atoms with Gasteiger partial charge in [-0.3, -0.25) is 4.79 Å². The molecule has 100 valence electrons. The third-order valence-corrected chi connectivity index (χ3v) is 2.64. The zero-order valence-electron chi connectivity index (χ0n) is 10.8. The molecule has 0 radical (unpaired) electrons. The molecule has 4 nitrogen and oxygen atoms in total. The van der Waals surface area contributed by atoms with Crippen LogP contribution in [0, 0.1) is 0 Å². The molecule has 0 heterocycles. The number of para-hydroxylation sites is 1. The van der Waals surface area contributed by atoms with E-state index in [9.17, 15) is 4.79 Å². The summed E-state index contributed by atoms with van der Waals surface area (Å²) in [5.41, 5.74) is 0. The highest BCUT2D eigenvalue weighted by molar-refractivity contribution is 5.76. The Balaban J connectivity index is 2.12. The molecule has 0 unspecified atom stereocenters. The van der Waals surface area contributed by atoms with E-state index in [1.54, 1.807) is 0 Å². The highest BCUT2D eigenvalue weighted by Gasteiger charge is 2.08. The van der Waals surface area contributed by atoms with E-state index in [-0.39, 0.29) is 18.6 Å². The maximum absolute atomic E-state index is 11.5. The lowest BCUT2D eigenvalue weighted by molar-refractivity contribution is -0.122. The van der Waals surface area contributed by atoms with Crippen LogP contribution in [0.2, 0.25) is 0 Å². The van der Waals surface area contributed by atoms with Gasteiger partial charge in [0.1, 0.15) is 5.75 Å². The summed E-state index contributed by atoms with van der Waals surface area (Å²) >= 11 is 0. The monoisotopic (exact) mass is 251 g/mol. The predicted molar refractivity (Wildman–Crippen MR) is 70.5 cm³/mol. The Labute approximate surface area is 108 Å². The van der Waals surface area contributed by atoms with Gasteiger partial charge in [0.25, 0.3) is 0 Å². The number of nitrogens with one attached hydrogen (secondary N) is 1. The molecule has 0 aliphatic heterocycles. The highest BCUT2D eigenvalue weighted by Crippen LogP contribution is 2.08. The Hall–Kier alpha value is -1.55. The van der Waals surface area contributed by atoms with Crippen molar-refractivity contribution in [3.63, 3.8) is 0 Å². The molecule has 0 saturated heterocycles. The van der Waals surface area contributed by atoms with Gasteiger partial charge >= 0.3 is 0 Å². The summed E-state index contributed by atoms with van der Waals surface area (Å²) < 4.78 is 5.48. The number of carbonyl (C=O) groups is 1. The third kappa shape index (κ3) is 5.68. The minimum Gasteiger partial charge on any atom is -0.494 e. The first-order valence-electron chi connectivity index (χ1n) is 6.34. The van der Waals surface area contributed by atoms with E-state index in [1.165, 1.54) is 0 Å². The maximum atomic E-state index is 11.5. The van der Waals surface area contributed by atoms with Crippen LogP contribution in [0.5, 0.6) is 5.75 Å². The summed E-state index contributed by atoms with van der Waals surface area (Å²) in [6, 6.07) is 9.40. The van der Waals surface area contributed by atoms with E-state index < -0.39 is 0 Å². The lowest BCUT2D eigenvalue weighted by atomic mass is 10.2. The van der Waals surface area contributed by atoms with E-state index in [0.717, 1.165) is 12.2 Å². The van der Waals surface area contributed by atoms with Crippen LogP contribution in [0.1, 0.15) is 26.2 Å². The normalized spacial score (nSPS) is 11.9. The van der Waals surface area contributed by atoms with Crippen LogP contribution in [0.3, 0.4) is 0 Å². The second-order valence-electron chi connectivity index (χ2n) is 4.12. The summed E-state index contributed by atoms with van der Waals surface area (Å²) in [6.45, 7) is 2.44. The quantitative estimate of drug-likeness (QED) is 0.692. The maximum Gasteiger partial charge on any atom is 0.220 e. The van der Waals surface area contributed by atoms with Crippen molar-refractivity contribution in [2.75, 3.05) is 13.2 Å². The zero-order chi connectivity index (χ0) is 13.2. The van der Waals surface area contributed by atoms with Gasteiger partial charge in [0.05, 0.1) is 19.3 Å². The first-order valence-corrected chi connectivity index (χ1v) is 6.34. The van der Waals surface area contributed by atoms with Crippen LogP contribution in [-0.2, 0) is 4.79 Å². The van der Waals surface area contributed by atoms with E-state index >= 15 is 0 Å². The molecular formula is C14H21NO3. The standard InChI is InChI=1S/C14H21NO3/c1-2-12(11-16)15-14(17)9-6-10-18-13-7-4-3-5-8-13/h3-5,7-8,12,16H,2,6,9-11H2,1H3,(H,15,17)/t12-/m0/s1. The molecule has 1 aromatic rings. The van der Waals surface area contributed by atoms with Crippen molar-refractivity contribution in [1.29, 1.82) is 0 Å². The first-order chi connectivity index (χ1) is 8.76. The zero-order valence-corrected chi connectivity index (χ0v) is 10.8. The van der Waals surface area contributed by atoms with Gasteiger partial charge in [-0.25, -0.2) is 0 Å². The Kier molecular flexibility index (Phi) is 6.87. The number of rotatable bonds is 8. The van der Waals surface area contributed by atoms with Crippen molar-refractivity contribution in [2.24, 2.45) is 0 Å². The molecule has 0 aliphatic carbocycles. The fourth-order valence-corrected chi connectivity index (χ4v) is 1.52. The third-order valence-electron chi connectivity index (χ3n) is 2.64. The van der Waals surface area contributed by atoms with Gasteiger partial charge < -0.3 is 15.2 Å². The fourth-order valence-electron chi connectivity index (χ4n) is 1.52. The molecule has 18 heavy (non-hydrogen) atoms. The van der Waals surface area contributed by atoms with Crippen LogP contribution in [-0.4, -0.2) is 30.3 Å². The topological polar surface area (TPSA) is 58.6 Å². The van der Waals surface area contributed by atoms with Gasteiger partial charge in [0.2, 0.25) is 5.91 Å². The van der Waals surface area contributed by atoms with Crippen molar-refractivity contribution < 1.29 is 14.6 Å². The molecule has 1 rings (SSSR count). The molecular weight excluding hydrogens is 230 g/mol. The number of benzene rings is 1. The molecule has 1 aromatic carbocycles. The van der Waals surface area contributed by atoms with Crippen LogP contribution in [0.15, 0.2) is 30.3 Å². The van der Waals surface area contributed by atoms with Gasteiger partial charge in [-0.2, -0.15) is 0 Å². The van der Waals surface area contributed by atoms with Crippen molar-refractivity contribution >= 4 is 5.91 Å². The molecule has 1 amide bonds. The SMILES string of the molecule is CC[C@@H](CO)NC(=O)CCCOc1ccccc1. The van der Waals surface area contributed by atoms with E-state index in [4.69, 9.17) is 9.84 Å². The highest BCUT2D eigenvalue weighted by atomic mass is 16.5. The summed E-state index contributed by atoms with van der Waals surface area (Å²) in [6.07, 6.45) is 1.83. The van der Waals surface area contributed by atoms with E-state index in [2.05, 4.69) is 5.32 Å². The molecule has 0 fully saturated rings. The summed E-state index contributed by atoms with van der Waals surface area (Å²) in [5.74, 6) is 0.785. The number of hydrogen-bond donors (Lipinski definition) is 2. The fraction of sp³-hybridized carbons (Fsp3) is 0.500. The minimum atomic E-state index is -0.132.